The monoisotopic (exact) mass is 234 g/mol. The first-order valence-corrected chi connectivity index (χ1v) is 5.31. The SMILES string of the molecule is COC(=O)c1cc(SC)cc(Cl)c1F. The van der Waals surface area contributed by atoms with Gasteiger partial charge in [0.25, 0.3) is 0 Å². The Hall–Kier alpha value is -0.740. The summed E-state index contributed by atoms with van der Waals surface area (Å²) in [5, 5.41) is -0.0720. The predicted molar refractivity (Wildman–Crippen MR) is 54.5 cm³/mol. The van der Waals surface area contributed by atoms with Crippen LogP contribution in [-0.2, 0) is 4.74 Å². The molecule has 0 N–H and O–H groups in total. The van der Waals surface area contributed by atoms with Crippen molar-refractivity contribution in [1.82, 2.24) is 0 Å². The summed E-state index contributed by atoms with van der Waals surface area (Å²) in [6.45, 7) is 0. The summed E-state index contributed by atoms with van der Waals surface area (Å²) in [5.41, 5.74) is -0.135. The van der Waals surface area contributed by atoms with Crippen LogP contribution in [0.4, 0.5) is 4.39 Å². The maximum Gasteiger partial charge on any atom is 0.340 e. The van der Waals surface area contributed by atoms with Crippen LogP contribution in [0.15, 0.2) is 17.0 Å². The molecule has 0 aliphatic heterocycles. The fraction of sp³-hybridized carbons (Fsp3) is 0.222. The number of esters is 1. The number of hydrogen-bond acceptors (Lipinski definition) is 3. The number of carbonyl (C=O) groups excluding carboxylic acids is 1. The van der Waals surface area contributed by atoms with Gasteiger partial charge in [0, 0.05) is 4.90 Å². The van der Waals surface area contributed by atoms with E-state index in [9.17, 15) is 9.18 Å². The number of methoxy groups -OCH3 is 1. The van der Waals surface area contributed by atoms with E-state index < -0.39 is 11.8 Å². The van der Waals surface area contributed by atoms with Crippen molar-refractivity contribution in [3.63, 3.8) is 0 Å². The minimum absolute atomic E-state index is 0.0720. The van der Waals surface area contributed by atoms with E-state index in [1.807, 2.05) is 6.26 Å². The molecule has 0 amide bonds. The van der Waals surface area contributed by atoms with E-state index in [0.717, 1.165) is 4.90 Å². The summed E-state index contributed by atoms with van der Waals surface area (Å²) in [6.07, 6.45) is 1.81. The third-order valence-corrected chi connectivity index (χ3v) is 2.62. The number of rotatable bonds is 2. The lowest BCUT2D eigenvalue weighted by molar-refractivity contribution is 0.0595. The number of halogens is 2. The van der Waals surface area contributed by atoms with Crippen LogP contribution in [0.2, 0.25) is 5.02 Å². The van der Waals surface area contributed by atoms with Gasteiger partial charge in [-0.15, -0.1) is 11.8 Å². The highest BCUT2D eigenvalue weighted by Crippen LogP contribution is 2.26. The molecule has 0 atom stereocenters. The van der Waals surface area contributed by atoms with E-state index in [4.69, 9.17) is 11.6 Å². The number of hydrogen-bond donors (Lipinski definition) is 0. The quantitative estimate of drug-likeness (QED) is 0.581. The van der Waals surface area contributed by atoms with Gasteiger partial charge in [-0.1, -0.05) is 11.6 Å². The number of ether oxygens (including phenoxy) is 1. The van der Waals surface area contributed by atoms with Gasteiger partial charge in [-0.05, 0) is 18.4 Å². The zero-order chi connectivity index (χ0) is 10.7. The molecule has 76 valence electrons. The first kappa shape index (κ1) is 11.3. The molecule has 0 aromatic heterocycles. The molecule has 0 bridgehead atoms. The summed E-state index contributed by atoms with van der Waals surface area (Å²) < 4.78 is 17.7. The number of benzene rings is 1. The maximum atomic E-state index is 13.3. The second-order valence-electron chi connectivity index (χ2n) is 2.46. The van der Waals surface area contributed by atoms with Gasteiger partial charge in [-0.3, -0.25) is 0 Å². The van der Waals surface area contributed by atoms with Crippen LogP contribution in [0, 0.1) is 5.82 Å². The van der Waals surface area contributed by atoms with Crippen molar-refractivity contribution in [2.45, 2.75) is 4.90 Å². The first-order chi connectivity index (χ1) is 6.60. The van der Waals surface area contributed by atoms with Crippen LogP contribution in [-0.4, -0.2) is 19.3 Å². The molecular formula is C9H8ClFO2S. The molecule has 0 aliphatic carbocycles. The van der Waals surface area contributed by atoms with Gasteiger partial charge in [0.1, 0.15) is 0 Å². The molecule has 1 aromatic carbocycles. The Bertz CT molecular complexity index is 368. The topological polar surface area (TPSA) is 26.3 Å². The largest absolute Gasteiger partial charge is 0.465 e. The third-order valence-electron chi connectivity index (χ3n) is 1.64. The summed E-state index contributed by atoms with van der Waals surface area (Å²) in [6, 6.07) is 2.88. The van der Waals surface area contributed by atoms with Crippen molar-refractivity contribution in [2.75, 3.05) is 13.4 Å². The third kappa shape index (κ3) is 2.19. The van der Waals surface area contributed by atoms with E-state index in [0.29, 0.717) is 0 Å². The first-order valence-electron chi connectivity index (χ1n) is 3.71. The standard InChI is InChI=1S/C9H8ClFO2S/c1-13-9(12)6-3-5(14-2)4-7(10)8(6)11/h3-4H,1-2H3. The van der Waals surface area contributed by atoms with Gasteiger partial charge in [0.05, 0.1) is 17.7 Å². The molecule has 0 spiro atoms. The van der Waals surface area contributed by atoms with Crippen LogP contribution in [0.1, 0.15) is 10.4 Å². The average molecular weight is 235 g/mol. The molecule has 0 fully saturated rings. The molecule has 2 nitrogen and oxygen atoms in total. The highest BCUT2D eigenvalue weighted by Gasteiger charge is 2.16. The van der Waals surface area contributed by atoms with E-state index in [2.05, 4.69) is 4.74 Å². The van der Waals surface area contributed by atoms with Crippen LogP contribution in [0.25, 0.3) is 0 Å². The fourth-order valence-corrected chi connectivity index (χ4v) is 1.70. The zero-order valence-corrected chi connectivity index (χ0v) is 9.21. The van der Waals surface area contributed by atoms with Crippen LogP contribution >= 0.6 is 23.4 Å². The van der Waals surface area contributed by atoms with Crippen LogP contribution in [0.3, 0.4) is 0 Å². The second-order valence-corrected chi connectivity index (χ2v) is 3.75. The van der Waals surface area contributed by atoms with Crippen molar-refractivity contribution in [3.05, 3.63) is 28.5 Å². The molecule has 0 heterocycles. The molecule has 14 heavy (non-hydrogen) atoms. The Morgan fingerprint density at radius 3 is 2.71 bits per heavy atom. The van der Waals surface area contributed by atoms with Crippen LogP contribution in [0.5, 0.6) is 0 Å². The van der Waals surface area contributed by atoms with Crippen molar-refractivity contribution < 1.29 is 13.9 Å². The Balaban J connectivity index is 3.27. The molecular weight excluding hydrogens is 227 g/mol. The maximum absolute atomic E-state index is 13.3. The van der Waals surface area contributed by atoms with Gasteiger partial charge < -0.3 is 4.74 Å². The van der Waals surface area contributed by atoms with E-state index in [1.165, 1.54) is 31.0 Å². The summed E-state index contributed by atoms with van der Waals surface area (Å²) in [4.78, 5) is 11.8. The lowest BCUT2D eigenvalue weighted by Crippen LogP contribution is -2.05. The average Bonchev–Trinajstić information content (AvgIpc) is 2.20. The van der Waals surface area contributed by atoms with Gasteiger partial charge in [0.2, 0.25) is 0 Å². The second kappa shape index (κ2) is 4.66. The molecule has 0 saturated heterocycles. The van der Waals surface area contributed by atoms with Gasteiger partial charge in [0.15, 0.2) is 5.82 Å². The lowest BCUT2D eigenvalue weighted by atomic mass is 10.2. The summed E-state index contributed by atoms with van der Waals surface area (Å²) >= 11 is 6.98. The minimum atomic E-state index is -0.740. The fourth-order valence-electron chi connectivity index (χ4n) is 0.941. The molecule has 0 aliphatic rings. The normalized spacial score (nSPS) is 10.0. The van der Waals surface area contributed by atoms with Crippen molar-refractivity contribution in [3.8, 4) is 0 Å². The molecule has 0 saturated carbocycles. The van der Waals surface area contributed by atoms with Crippen molar-refractivity contribution in [2.24, 2.45) is 0 Å². The molecule has 0 unspecified atom stereocenters. The van der Waals surface area contributed by atoms with Crippen LogP contribution < -0.4 is 0 Å². The van der Waals surface area contributed by atoms with Gasteiger partial charge in [-0.25, -0.2) is 9.18 Å². The van der Waals surface area contributed by atoms with E-state index >= 15 is 0 Å². The van der Waals surface area contributed by atoms with E-state index in [1.54, 1.807) is 0 Å². The number of carbonyl (C=O) groups is 1. The molecule has 1 rings (SSSR count). The zero-order valence-electron chi connectivity index (χ0n) is 7.64. The minimum Gasteiger partial charge on any atom is -0.465 e. The smallest absolute Gasteiger partial charge is 0.340 e. The lowest BCUT2D eigenvalue weighted by Gasteiger charge is -2.05. The highest BCUT2D eigenvalue weighted by molar-refractivity contribution is 7.98. The summed E-state index contributed by atoms with van der Waals surface area (Å²) in [7, 11) is 1.20. The Kier molecular flexibility index (Phi) is 3.77. The van der Waals surface area contributed by atoms with Crippen molar-refractivity contribution >= 4 is 29.3 Å². The Labute approximate surface area is 90.4 Å². The number of thioether (sulfide) groups is 1. The molecule has 1 aromatic rings. The Morgan fingerprint density at radius 2 is 2.21 bits per heavy atom. The molecule has 0 radical (unpaired) electrons. The summed E-state index contributed by atoms with van der Waals surface area (Å²) in [5.74, 6) is -1.46. The highest BCUT2D eigenvalue weighted by atomic mass is 35.5. The van der Waals surface area contributed by atoms with Gasteiger partial charge in [-0.2, -0.15) is 0 Å². The van der Waals surface area contributed by atoms with E-state index in [-0.39, 0.29) is 10.6 Å². The Morgan fingerprint density at radius 1 is 1.57 bits per heavy atom. The molecule has 5 heteroatoms. The van der Waals surface area contributed by atoms with Crippen molar-refractivity contribution in [1.29, 1.82) is 0 Å². The predicted octanol–water partition coefficient (Wildman–Crippen LogP) is 2.99. The van der Waals surface area contributed by atoms with Gasteiger partial charge >= 0.3 is 5.97 Å².